The van der Waals surface area contributed by atoms with Gasteiger partial charge >= 0.3 is 0 Å². The average Bonchev–Trinajstić information content (AvgIpc) is 3.35. The highest BCUT2D eigenvalue weighted by Gasteiger charge is 2.35. The van der Waals surface area contributed by atoms with E-state index in [9.17, 15) is 39.4 Å². The first-order valence-corrected chi connectivity index (χ1v) is 22.8. The van der Waals surface area contributed by atoms with E-state index >= 15 is 0 Å². The Morgan fingerprint density at radius 1 is 0.746 bits per heavy atom. The lowest BCUT2D eigenvalue weighted by Gasteiger charge is -2.35. The van der Waals surface area contributed by atoms with Crippen molar-refractivity contribution in [3.63, 3.8) is 0 Å². The molecule has 2 aliphatic rings. The maximum absolute atomic E-state index is 14.8. The third-order valence-electron chi connectivity index (χ3n) is 11.6. The van der Waals surface area contributed by atoms with Crippen LogP contribution in [-0.4, -0.2) is 113 Å². The first kappa shape index (κ1) is 51.1. The fourth-order valence-corrected chi connectivity index (χ4v) is 7.66. The molecule has 0 radical (unpaired) electrons. The Morgan fingerprint density at radius 2 is 1.24 bits per heavy atom. The number of likely N-dealkylation sites (tertiary alicyclic amines) is 1. The van der Waals surface area contributed by atoms with E-state index in [1.54, 1.807) is 70.2 Å². The number of nitrogens with zero attached hydrogens (tertiary/aromatic N) is 9. The van der Waals surface area contributed by atoms with Gasteiger partial charge in [-0.3, -0.25) is 4.79 Å². The quantitative estimate of drug-likeness (QED) is 0.0718. The molecular formula is C51H54F2N12O6. The number of amides is 1. The van der Waals surface area contributed by atoms with Crippen LogP contribution < -0.4 is 25.4 Å². The van der Waals surface area contributed by atoms with E-state index in [1.807, 2.05) is 42.5 Å². The molecule has 0 saturated carbocycles. The van der Waals surface area contributed by atoms with Crippen LogP contribution in [0.3, 0.4) is 0 Å². The molecule has 5 atom stereocenters. The molecule has 1 unspecified atom stereocenters. The van der Waals surface area contributed by atoms with E-state index in [1.165, 1.54) is 24.5 Å². The summed E-state index contributed by atoms with van der Waals surface area (Å²) < 4.78 is 40.5. The molecule has 6 aromatic rings. The topological polar surface area (TPSA) is 260 Å². The Morgan fingerprint density at radius 3 is 1.68 bits per heavy atom. The number of hydrogen-bond donors (Lipinski definition) is 6. The highest BCUT2D eigenvalue weighted by molar-refractivity contribution is 5.80. The maximum atomic E-state index is 14.8. The van der Waals surface area contributed by atoms with E-state index < -0.39 is 47.8 Å². The Balaban J connectivity index is 0.000000211. The summed E-state index contributed by atoms with van der Waals surface area (Å²) in [4.78, 5) is 38.9. The molecular weight excluding hydrogens is 915 g/mol. The molecule has 6 N–H and O–H groups in total. The third kappa shape index (κ3) is 13.3. The van der Waals surface area contributed by atoms with Gasteiger partial charge in [-0.1, -0.05) is 24.3 Å². The number of anilines is 4. The highest BCUT2D eigenvalue weighted by atomic mass is 19.1. The van der Waals surface area contributed by atoms with Crippen LogP contribution in [-0.2, 0) is 16.0 Å². The Bertz CT molecular complexity index is 2920. The summed E-state index contributed by atoms with van der Waals surface area (Å²) in [5.74, 6) is 1.32. The van der Waals surface area contributed by atoms with Gasteiger partial charge in [-0.15, -0.1) is 0 Å². The second-order valence-electron chi connectivity index (χ2n) is 18.0. The molecule has 0 bridgehead atoms. The van der Waals surface area contributed by atoms with Gasteiger partial charge in [0.15, 0.2) is 17.8 Å². The van der Waals surface area contributed by atoms with Crippen LogP contribution in [0.25, 0.3) is 22.8 Å². The number of carbonyl (C=O) groups excluding carboxylic acids is 1. The highest BCUT2D eigenvalue weighted by Crippen LogP contribution is 2.31. The number of nitrogens with one attached hydrogen (secondary N) is 3. The number of nitriles is 2. The van der Waals surface area contributed by atoms with Crippen molar-refractivity contribution < 1.29 is 38.4 Å². The molecule has 2 aromatic heterocycles. The normalized spacial score (nSPS) is 18.4. The van der Waals surface area contributed by atoms with Gasteiger partial charge in [-0.2, -0.15) is 20.5 Å². The molecule has 4 heterocycles. The fraction of sp³-hybridized carbons (Fsp3) is 0.353. The molecule has 8 rings (SSSR count). The van der Waals surface area contributed by atoms with E-state index in [0.717, 1.165) is 16.8 Å². The number of rotatable bonds is 13. The predicted molar refractivity (Wildman–Crippen MR) is 259 cm³/mol. The van der Waals surface area contributed by atoms with Crippen molar-refractivity contribution >= 4 is 29.2 Å². The van der Waals surface area contributed by atoms with E-state index in [0.29, 0.717) is 53.1 Å². The summed E-state index contributed by atoms with van der Waals surface area (Å²) in [6.45, 7) is 9.14. The zero-order valence-corrected chi connectivity index (χ0v) is 39.7. The molecule has 1 amide bonds. The molecule has 368 valence electrons. The number of piperidine rings is 2. The van der Waals surface area contributed by atoms with Crippen LogP contribution in [0.2, 0.25) is 0 Å². The van der Waals surface area contributed by atoms with Gasteiger partial charge < -0.3 is 45.6 Å². The number of hydrogen-bond acceptors (Lipinski definition) is 17. The number of aromatic nitrogens is 6. The number of ether oxygens (including phenoxy) is 2. The predicted octanol–water partition coefficient (Wildman–Crippen LogP) is 6.54. The zero-order chi connectivity index (χ0) is 50.9. The van der Waals surface area contributed by atoms with Crippen molar-refractivity contribution in [1.29, 1.82) is 10.5 Å². The summed E-state index contributed by atoms with van der Waals surface area (Å²) >= 11 is 0. The van der Waals surface area contributed by atoms with Crippen LogP contribution in [0.5, 0.6) is 11.5 Å². The molecule has 2 saturated heterocycles. The van der Waals surface area contributed by atoms with Crippen molar-refractivity contribution in [3.8, 4) is 46.4 Å². The van der Waals surface area contributed by atoms with E-state index in [2.05, 4.69) is 58.0 Å². The molecule has 18 nitrogen and oxygen atoms in total. The van der Waals surface area contributed by atoms with Gasteiger partial charge in [-0.05, 0) is 119 Å². The van der Waals surface area contributed by atoms with Gasteiger partial charge in [-0.25, -0.2) is 28.7 Å². The van der Waals surface area contributed by atoms with Gasteiger partial charge in [0, 0.05) is 42.0 Å². The van der Waals surface area contributed by atoms with Crippen LogP contribution in [0, 0.1) is 22.7 Å². The SMILES string of the molecule is CC(C)(O)c1cccc(Nc2ncnc(-c3ccc(O[C@H]4CCNC[C@H]4F)c(C#N)c3)n2)c1.CC(O)C(=O)N1CC[C@H](Oc2ccc(-c3ncnc(Nc4cccc(C(C)(C)O)c4)n3)cc2C#N)[C@H](F)C1. The summed E-state index contributed by atoms with van der Waals surface area (Å²) in [6.07, 6.45) is -1.73. The van der Waals surface area contributed by atoms with Crippen molar-refractivity contribution in [1.82, 2.24) is 40.1 Å². The monoisotopic (exact) mass is 968 g/mol. The van der Waals surface area contributed by atoms with E-state index in [-0.39, 0.29) is 48.9 Å². The van der Waals surface area contributed by atoms with Crippen LogP contribution in [0.1, 0.15) is 69.7 Å². The maximum Gasteiger partial charge on any atom is 0.251 e. The second kappa shape index (κ2) is 22.3. The number of carbonyl (C=O) groups is 1. The smallest absolute Gasteiger partial charge is 0.251 e. The molecule has 20 heteroatoms. The van der Waals surface area contributed by atoms with Crippen molar-refractivity contribution in [3.05, 3.63) is 120 Å². The Kier molecular flexibility index (Phi) is 16.1. The van der Waals surface area contributed by atoms with Crippen molar-refractivity contribution in [2.45, 2.75) is 89.3 Å². The second-order valence-corrected chi connectivity index (χ2v) is 18.0. The van der Waals surface area contributed by atoms with Gasteiger partial charge in [0.1, 0.15) is 60.8 Å². The first-order valence-electron chi connectivity index (χ1n) is 22.8. The van der Waals surface area contributed by atoms with Gasteiger partial charge in [0.05, 0.1) is 28.9 Å². The number of alkyl halides is 2. The van der Waals surface area contributed by atoms with E-state index in [4.69, 9.17) is 9.47 Å². The number of benzene rings is 4. The molecule has 71 heavy (non-hydrogen) atoms. The molecule has 2 fully saturated rings. The van der Waals surface area contributed by atoms with Crippen molar-refractivity contribution in [2.24, 2.45) is 0 Å². The summed E-state index contributed by atoms with van der Waals surface area (Å²) in [6, 6.07) is 28.6. The third-order valence-corrected chi connectivity index (χ3v) is 11.6. The van der Waals surface area contributed by atoms with Gasteiger partial charge in [0.25, 0.3) is 5.91 Å². The van der Waals surface area contributed by atoms with Gasteiger partial charge in [0.2, 0.25) is 11.9 Å². The van der Waals surface area contributed by atoms with Crippen LogP contribution in [0.15, 0.2) is 97.6 Å². The summed E-state index contributed by atoms with van der Waals surface area (Å²) in [5, 5.41) is 58.5. The summed E-state index contributed by atoms with van der Waals surface area (Å²) in [7, 11) is 0. The zero-order valence-electron chi connectivity index (χ0n) is 39.7. The van der Waals surface area contributed by atoms with Crippen LogP contribution >= 0.6 is 0 Å². The molecule has 0 spiro atoms. The first-order chi connectivity index (χ1) is 33.9. The molecule has 2 aliphatic heterocycles. The minimum absolute atomic E-state index is 0.185. The minimum atomic E-state index is -1.47. The number of halogens is 2. The minimum Gasteiger partial charge on any atom is -0.486 e. The molecule has 4 aromatic carbocycles. The molecule has 0 aliphatic carbocycles. The average molecular weight is 969 g/mol. The number of aliphatic hydroxyl groups excluding tert-OH is 1. The largest absolute Gasteiger partial charge is 0.486 e. The Labute approximate surface area is 409 Å². The number of aliphatic hydroxyl groups is 3. The van der Waals surface area contributed by atoms with Crippen molar-refractivity contribution in [2.75, 3.05) is 36.8 Å². The Hall–Kier alpha value is -7.75. The summed E-state index contributed by atoms with van der Waals surface area (Å²) in [5.41, 5.74) is 2.51. The lowest BCUT2D eigenvalue weighted by molar-refractivity contribution is -0.143. The van der Waals surface area contributed by atoms with Crippen LogP contribution in [0.4, 0.5) is 32.1 Å². The lowest BCUT2D eigenvalue weighted by atomic mass is 9.98. The fourth-order valence-electron chi connectivity index (χ4n) is 7.66. The lowest BCUT2D eigenvalue weighted by Crippen LogP contribution is -2.51. The standard InChI is InChI=1S/C27H29FN6O4.C24H25FN6O2/c1-16(35)25(36)34-10-9-23(21(28)14-34)38-22-8-7-17(11-18(22)13-29)24-30-15-31-26(33-24)32-20-6-4-5-19(12-20)27(2,3)37;1-24(2,32)17-4-3-5-18(11-17)30-23-29-14-28-22(31-23)15-6-7-20(16(10-15)12-26)33-21-8-9-27-13-19(21)25/h4-8,11-12,15-16,21,23,35,37H,9-10,14H2,1-3H3,(H,30,31,32,33);3-7,10-11,14,19,21,27,32H,8-9,13H2,1-2H3,(H,28,29,30,31)/t16?,21-,23+;19-,21+/m11/s1.